The molecule has 1 aliphatic heterocycles. The Balaban J connectivity index is 1.38. The van der Waals surface area contributed by atoms with Gasteiger partial charge in [0.25, 0.3) is 5.91 Å². The fourth-order valence-corrected chi connectivity index (χ4v) is 3.90. The molecule has 0 spiro atoms. The van der Waals surface area contributed by atoms with Crippen LogP contribution < -0.4 is 10.1 Å². The Labute approximate surface area is 156 Å². The molecule has 4 rings (SSSR count). The zero-order valence-corrected chi connectivity index (χ0v) is 15.0. The summed E-state index contributed by atoms with van der Waals surface area (Å²) in [5, 5.41) is 18.0. The number of aromatic nitrogens is 3. The third-order valence-electron chi connectivity index (χ3n) is 5.01. The number of rotatable bonds is 4. The molecule has 1 saturated carbocycles. The Hall–Kier alpha value is -2.12. The molecule has 0 saturated heterocycles. The molecule has 1 amide bonds. The molecule has 0 aromatic carbocycles. The van der Waals surface area contributed by atoms with Crippen molar-refractivity contribution in [3.63, 3.8) is 0 Å². The van der Waals surface area contributed by atoms with Gasteiger partial charge in [0.15, 0.2) is 0 Å². The number of carbonyl (C=O) groups is 1. The minimum atomic E-state index is -0.566. The monoisotopic (exact) mass is 376 g/mol. The normalized spacial score (nSPS) is 24.8. The number of carbonyl (C=O) groups excluding carboxylic acids is 1. The van der Waals surface area contributed by atoms with Crippen LogP contribution in [0.2, 0.25) is 5.02 Å². The molecule has 2 aliphatic rings. The number of aryl methyl sites for hydroxylation is 1. The molecular formula is C18H21ClN4O3. The predicted octanol–water partition coefficient (Wildman–Crippen LogP) is 1.83. The number of aliphatic hydroxyl groups excluding tert-OH is 1. The van der Waals surface area contributed by atoms with Gasteiger partial charge in [0.05, 0.1) is 35.5 Å². The lowest BCUT2D eigenvalue weighted by Gasteiger charge is -2.19. The highest BCUT2D eigenvalue weighted by Gasteiger charge is 2.34. The maximum absolute atomic E-state index is 12.6. The second-order valence-electron chi connectivity index (χ2n) is 7.01. The van der Waals surface area contributed by atoms with E-state index in [4.69, 9.17) is 16.3 Å². The number of nitrogens with zero attached hydrogens (tertiary/aromatic N) is 3. The molecule has 0 radical (unpaired) electrons. The van der Waals surface area contributed by atoms with Crippen LogP contribution in [0.5, 0.6) is 5.88 Å². The van der Waals surface area contributed by atoms with Crippen molar-refractivity contribution in [2.24, 2.45) is 5.92 Å². The summed E-state index contributed by atoms with van der Waals surface area (Å²) in [6.45, 7) is 1.34. The molecule has 0 bridgehead atoms. The molecule has 2 N–H and O–H groups in total. The summed E-state index contributed by atoms with van der Waals surface area (Å²) >= 11 is 5.89. The molecule has 3 atom stereocenters. The van der Waals surface area contributed by atoms with Crippen LogP contribution in [0, 0.1) is 5.92 Å². The number of hydrogen-bond acceptors (Lipinski definition) is 5. The lowest BCUT2D eigenvalue weighted by Crippen LogP contribution is -2.40. The Kier molecular flexibility index (Phi) is 4.82. The van der Waals surface area contributed by atoms with Gasteiger partial charge in [-0.3, -0.25) is 9.48 Å². The van der Waals surface area contributed by atoms with Gasteiger partial charge in [0, 0.05) is 24.5 Å². The maximum atomic E-state index is 12.6. The molecule has 1 unspecified atom stereocenters. The molecule has 1 fully saturated rings. The average molecular weight is 377 g/mol. The number of pyridine rings is 1. The third kappa shape index (κ3) is 3.68. The second kappa shape index (κ2) is 7.25. The van der Waals surface area contributed by atoms with Crippen molar-refractivity contribution >= 4 is 17.5 Å². The summed E-state index contributed by atoms with van der Waals surface area (Å²) in [7, 11) is 0. The third-order valence-corrected chi connectivity index (χ3v) is 5.20. The van der Waals surface area contributed by atoms with Crippen LogP contribution in [-0.4, -0.2) is 44.5 Å². The van der Waals surface area contributed by atoms with Crippen molar-refractivity contribution in [3.05, 3.63) is 40.8 Å². The van der Waals surface area contributed by atoms with Crippen molar-refractivity contribution in [2.45, 2.75) is 44.4 Å². The summed E-state index contributed by atoms with van der Waals surface area (Å²) in [6.07, 6.45) is 7.45. The van der Waals surface area contributed by atoms with Crippen LogP contribution in [0.15, 0.2) is 24.7 Å². The standard InChI is InChI=1S/C18H21ClN4O3/c19-14-8-21-23(10-14)9-11-4-15(16(24)5-11)22-17(25)13-6-12-2-1-3-26-18(12)20-7-13/h6-8,10-11,15-16,24H,1-5,9H2,(H,22,25)/t11?,15-,16-/m1/s1. The van der Waals surface area contributed by atoms with Gasteiger partial charge in [0.1, 0.15) is 0 Å². The number of fused-ring (bicyclic) bond motifs is 1. The Morgan fingerprint density at radius 1 is 1.42 bits per heavy atom. The maximum Gasteiger partial charge on any atom is 0.253 e. The molecule has 1 aliphatic carbocycles. The highest BCUT2D eigenvalue weighted by atomic mass is 35.5. The van der Waals surface area contributed by atoms with Gasteiger partial charge in [-0.25, -0.2) is 4.98 Å². The topological polar surface area (TPSA) is 89.3 Å². The van der Waals surface area contributed by atoms with Gasteiger partial charge < -0.3 is 15.2 Å². The SMILES string of the molecule is O=C(N[C@@H]1CC(Cn2cc(Cl)cn2)C[C@H]1O)c1cnc2c(c1)CCCO2. The predicted molar refractivity (Wildman–Crippen MR) is 95.3 cm³/mol. The van der Waals surface area contributed by atoms with Crippen molar-refractivity contribution in [1.82, 2.24) is 20.1 Å². The first kappa shape index (κ1) is 17.3. The zero-order chi connectivity index (χ0) is 18.1. The number of hydrogen-bond donors (Lipinski definition) is 2. The minimum absolute atomic E-state index is 0.210. The molecule has 8 heteroatoms. The van der Waals surface area contributed by atoms with Crippen molar-refractivity contribution in [3.8, 4) is 5.88 Å². The smallest absolute Gasteiger partial charge is 0.253 e. The van der Waals surface area contributed by atoms with E-state index in [0.717, 1.165) is 18.4 Å². The van der Waals surface area contributed by atoms with E-state index in [2.05, 4.69) is 15.4 Å². The first-order valence-corrected chi connectivity index (χ1v) is 9.25. The van der Waals surface area contributed by atoms with Crippen LogP contribution in [0.3, 0.4) is 0 Å². The van der Waals surface area contributed by atoms with Crippen LogP contribution in [0.25, 0.3) is 0 Å². The number of ether oxygens (including phenoxy) is 1. The highest BCUT2D eigenvalue weighted by molar-refractivity contribution is 6.30. The largest absolute Gasteiger partial charge is 0.477 e. The van der Waals surface area contributed by atoms with E-state index >= 15 is 0 Å². The van der Waals surface area contributed by atoms with E-state index < -0.39 is 6.10 Å². The van der Waals surface area contributed by atoms with E-state index in [1.165, 1.54) is 6.20 Å². The minimum Gasteiger partial charge on any atom is -0.477 e. The first-order chi connectivity index (χ1) is 12.6. The Morgan fingerprint density at radius 2 is 2.31 bits per heavy atom. The summed E-state index contributed by atoms with van der Waals surface area (Å²) in [5.41, 5.74) is 1.47. The summed E-state index contributed by atoms with van der Waals surface area (Å²) in [4.78, 5) is 16.8. The van der Waals surface area contributed by atoms with Crippen LogP contribution in [0.4, 0.5) is 0 Å². The molecule has 26 heavy (non-hydrogen) atoms. The van der Waals surface area contributed by atoms with Gasteiger partial charge in [-0.05, 0) is 37.7 Å². The van der Waals surface area contributed by atoms with Gasteiger partial charge >= 0.3 is 0 Å². The first-order valence-electron chi connectivity index (χ1n) is 8.87. The number of nitrogens with one attached hydrogen (secondary N) is 1. The summed E-state index contributed by atoms with van der Waals surface area (Å²) < 4.78 is 7.26. The van der Waals surface area contributed by atoms with E-state index in [0.29, 0.717) is 42.5 Å². The summed E-state index contributed by atoms with van der Waals surface area (Å²) in [5.74, 6) is 0.644. The van der Waals surface area contributed by atoms with Gasteiger partial charge in [-0.1, -0.05) is 11.6 Å². The van der Waals surface area contributed by atoms with Crippen LogP contribution >= 0.6 is 11.6 Å². The Bertz CT molecular complexity index is 809. The van der Waals surface area contributed by atoms with E-state index in [1.54, 1.807) is 17.1 Å². The Morgan fingerprint density at radius 3 is 3.12 bits per heavy atom. The average Bonchev–Trinajstić information content (AvgIpc) is 3.20. The lowest BCUT2D eigenvalue weighted by molar-refractivity contribution is 0.0872. The lowest BCUT2D eigenvalue weighted by atomic mass is 10.1. The second-order valence-corrected chi connectivity index (χ2v) is 7.44. The van der Waals surface area contributed by atoms with Crippen LogP contribution in [-0.2, 0) is 13.0 Å². The molecular weight excluding hydrogens is 356 g/mol. The molecule has 3 heterocycles. The fraction of sp³-hybridized carbons (Fsp3) is 0.500. The number of amides is 1. The molecule has 2 aromatic rings. The van der Waals surface area contributed by atoms with Crippen molar-refractivity contribution < 1.29 is 14.6 Å². The summed E-state index contributed by atoms with van der Waals surface area (Å²) in [6, 6.07) is 1.56. The van der Waals surface area contributed by atoms with Gasteiger partial charge in [-0.15, -0.1) is 0 Å². The van der Waals surface area contributed by atoms with Crippen LogP contribution in [0.1, 0.15) is 35.2 Å². The number of halogens is 1. The molecule has 7 nitrogen and oxygen atoms in total. The molecule has 138 valence electrons. The van der Waals surface area contributed by atoms with E-state index in [-0.39, 0.29) is 17.9 Å². The van der Waals surface area contributed by atoms with Gasteiger partial charge in [-0.2, -0.15) is 5.10 Å². The quantitative estimate of drug-likeness (QED) is 0.849. The molecule has 2 aromatic heterocycles. The van der Waals surface area contributed by atoms with E-state index in [1.807, 2.05) is 6.07 Å². The van der Waals surface area contributed by atoms with E-state index in [9.17, 15) is 9.90 Å². The fourth-order valence-electron chi connectivity index (χ4n) is 3.74. The number of aliphatic hydroxyl groups is 1. The zero-order valence-electron chi connectivity index (χ0n) is 14.3. The highest BCUT2D eigenvalue weighted by Crippen LogP contribution is 2.28. The van der Waals surface area contributed by atoms with Gasteiger partial charge in [0.2, 0.25) is 5.88 Å². The van der Waals surface area contributed by atoms with Crippen molar-refractivity contribution in [1.29, 1.82) is 0 Å². The van der Waals surface area contributed by atoms with Crippen molar-refractivity contribution in [2.75, 3.05) is 6.61 Å².